The fourth-order valence-corrected chi connectivity index (χ4v) is 2.74. The summed E-state index contributed by atoms with van der Waals surface area (Å²) in [6, 6.07) is 0.719. The molecule has 0 aromatic heterocycles. The molecule has 0 aromatic rings. The van der Waals surface area contributed by atoms with E-state index in [1.807, 2.05) is 0 Å². The monoisotopic (exact) mass is 258 g/mol. The predicted molar refractivity (Wildman–Crippen MR) is 74.6 cm³/mol. The van der Waals surface area contributed by atoms with Gasteiger partial charge in [0.05, 0.1) is 19.8 Å². The summed E-state index contributed by atoms with van der Waals surface area (Å²) in [4.78, 5) is 2.55. The van der Waals surface area contributed by atoms with Crippen LogP contribution in [-0.4, -0.2) is 55.5 Å². The summed E-state index contributed by atoms with van der Waals surface area (Å²) in [7, 11) is 0. The maximum absolute atomic E-state index is 8.70. The van der Waals surface area contributed by atoms with Crippen molar-refractivity contribution in [2.45, 2.75) is 51.0 Å². The first-order valence-corrected chi connectivity index (χ1v) is 7.51. The van der Waals surface area contributed by atoms with Crippen LogP contribution in [-0.2, 0) is 4.74 Å². The van der Waals surface area contributed by atoms with Gasteiger partial charge in [0.1, 0.15) is 0 Å². The first-order valence-electron chi connectivity index (χ1n) is 7.51. The zero-order valence-corrected chi connectivity index (χ0v) is 11.6. The van der Waals surface area contributed by atoms with E-state index >= 15 is 0 Å². The van der Waals surface area contributed by atoms with Gasteiger partial charge in [0.25, 0.3) is 0 Å². The topological polar surface area (TPSA) is 58.7 Å². The highest BCUT2D eigenvalue weighted by molar-refractivity contribution is 4.75. The SMILES string of the molecule is NCCCN(CCOCCO)C1CCCCCC1. The minimum atomic E-state index is 0.117. The number of nitrogens with two attached hydrogens (primary N) is 1. The Kier molecular flexibility index (Phi) is 9.48. The van der Waals surface area contributed by atoms with Crippen LogP contribution < -0.4 is 5.73 Å². The third-order valence-electron chi connectivity index (χ3n) is 3.75. The zero-order chi connectivity index (χ0) is 13.1. The first-order chi connectivity index (χ1) is 8.88. The highest BCUT2D eigenvalue weighted by atomic mass is 16.5. The molecule has 0 radical (unpaired) electrons. The van der Waals surface area contributed by atoms with Crippen molar-refractivity contribution < 1.29 is 9.84 Å². The van der Waals surface area contributed by atoms with Crippen molar-refractivity contribution in [3.05, 3.63) is 0 Å². The van der Waals surface area contributed by atoms with Crippen molar-refractivity contribution in [1.29, 1.82) is 0 Å². The maximum atomic E-state index is 8.70. The molecule has 4 heteroatoms. The van der Waals surface area contributed by atoms with Crippen LogP contribution in [0.1, 0.15) is 44.9 Å². The lowest BCUT2D eigenvalue weighted by Gasteiger charge is -2.31. The molecule has 0 heterocycles. The second kappa shape index (κ2) is 10.7. The third-order valence-corrected chi connectivity index (χ3v) is 3.75. The zero-order valence-electron chi connectivity index (χ0n) is 11.6. The molecule has 0 aromatic carbocycles. The van der Waals surface area contributed by atoms with Crippen molar-refractivity contribution in [2.24, 2.45) is 5.73 Å². The summed E-state index contributed by atoms with van der Waals surface area (Å²) in [5.74, 6) is 0. The van der Waals surface area contributed by atoms with Gasteiger partial charge in [-0.1, -0.05) is 25.7 Å². The van der Waals surface area contributed by atoms with Gasteiger partial charge in [-0.25, -0.2) is 0 Å². The summed E-state index contributed by atoms with van der Waals surface area (Å²) < 4.78 is 5.39. The summed E-state index contributed by atoms with van der Waals surface area (Å²) in [6.07, 6.45) is 9.22. The molecule has 1 aliphatic carbocycles. The molecule has 0 amide bonds. The molecule has 1 saturated carbocycles. The van der Waals surface area contributed by atoms with Gasteiger partial charge in [0.15, 0.2) is 0 Å². The lowest BCUT2D eigenvalue weighted by atomic mass is 10.1. The molecule has 1 rings (SSSR count). The van der Waals surface area contributed by atoms with Crippen LogP contribution in [0.4, 0.5) is 0 Å². The molecular formula is C14H30N2O2. The normalized spacial score (nSPS) is 18.2. The van der Waals surface area contributed by atoms with E-state index in [4.69, 9.17) is 15.6 Å². The molecule has 18 heavy (non-hydrogen) atoms. The number of aliphatic hydroxyl groups is 1. The van der Waals surface area contributed by atoms with E-state index < -0.39 is 0 Å². The highest BCUT2D eigenvalue weighted by Crippen LogP contribution is 2.21. The summed E-state index contributed by atoms with van der Waals surface area (Å²) in [5, 5.41) is 8.70. The van der Waals surface area contributed by atoms with Crippen molar-refractivity contribution in [1.82, 2.24) is 4.90 Å². The molecule has 108 valence electrons. The van der Waals surface area contributed by atoms with Crippen LogP contribution in [0.5, 0.6) is 0 Å². The number of aliphatic hydroxyl groups excluding tert-OH is 1. The Labute approximate surface area is 111 Å². The Balaban J connectivity index is 2.31. The van der Waals surface area contributed by atoms with E-state index in [9.17, 15) is 0 Å². The van der Waals surface area contributed by atoms with E-state index in [1.54, 1.807) is 0 Å². The van der Waals surface area contributed by atoms with Gasteiger partial charge >= 0.3 is 0 Å². The summed E-state index contributed by atoms with van der Waals surface area (Å²) in [6.45, 7) is 4.12. The first kappa shape index (κ1) is 15.9. The van der Waals surface area contributed by atoms with Crippen molar-refractivity contribution in [3.63, 3.8) is 0 Å². The fraction of sp³-hybridized carbons (Fsp3) is 1.00. The number of nitrogens with zero attached hydrogens (tertiary/aromatic N) is 1. The van der Waals surface area contributed by atoms with Crippen LogP contribution in [0.3, 0.4) is 0 Å². The predicted octanol–water partition coefficient (Wildman–Crippen LogP) is 1.37. The molecular weight excluding hydrogens is 228 g/mol. The quantitative estimate of drug-likeness (QED) is 0.484. The molecule has 0 unspecified atom stereocenters. The van der Waals surface area contributed by atoms with E-state index in [-0.39, 0.29) is 6.61 Å². The van der Waals surface area contributed by atoms with Crippen molar-refractivity contribution >= 4 is 0 Å². The summed E-state index contributed by atoms with van der Waals surface area (Å²) >= 11 is 0. The van der Waals surface area contributed by atoms with Crippen molar-refractivity contribution in [3.8, 4) is 0 Å². The average Bonchev–Trinajstić information content (AvgIpc) is 2.67. The van der Waals surface area contributed by atoms with Crippen LogP contribution in [0, 0.1) is 0 Å². The molecule has 1 aliphatic rings. The number of rotatable bonds is 9. The van der Waals surface area contributed by atoms with E-state index in [0.29, 0.717) is 6.61 Å². The van der Waals surface area contributed by atoms with Gasteiger partial charge < -0.3 is 15.6 Å². The second-order valence-electron chi connectivity index (χ2n) is 5.16. The van der Waals surface area contributed by atoms with Crippen LogP contribution >= 0.6 is 0 Å². The standard InChI is InChI=1S/C14H30N2O2/c15-8-5-9-16(10-12-18-13-11-17)14-6-3-1-2-4-7-14/h14,17H,1-13,15H2. The molecule has 4 nitrogen and oxygen atoms in total. The van der Waals surface area contributed by atoms with Crippen LogP contribution in [0.15, 0.2) is 0 Å². The van der Waals surface area contributed by atoms with Gasteiger partial charge in [0.2, 0.25) is 0 Å². The molecule has 0 bridgehead atoms. The Hall–Kier alpha value is -0.160. The number of ether oxygens (including phenoxy) is 1. The molecule has 0 atom stereocenters. The number of hydrogen-bond donors (Lipinski definition) is 2. The lowest BCUT2D eigenvalue weighted by molar-refractivity contribution is 0.0602. The smallest absolute Gasteiger partial charge is 0.0698 e. The van der Waals surface area contributed by atoms with Crippen molar-refractivity contribution in [2.75, 3.05) is 39.5 Å². The number of hydrogen-bond acceptors (Lipinski definition) is 4. The second-order valence-corrected chi connectivity index (χ2v) is 5.16. The molecule has 1 fully saturated rings. The summed E-state index contributed by atoms with van der Waals surface area (Å²) in [5.41, 5.74) is 5.62. The van der Waals surface area contributed by atoms with Gasteiger partial charge in [0, 0.05) is 12.6 Å². The lowest BCUT2D eigenvalue weighted by Crippen LogP contribution is -2.39. The van der Waals surface area contributed by atoms with Gasteiger partial charge in [-0.2, -0.15) is 0 Å². The van der Waals surface area contributed by atoms with E-state index in [2.05, 4.69) is 4.90 Å². The largest absolute Gasteiger partial charge is 0.394 e. The molecule has 3 N–H and O–H groups in total. The van der Waals surface area contributed by atoms with Gasteiger partial charge in [-0.3, -0.25) is 4.90 Å². The van der Waals surface area contributed by atoms with E-state index in [1.165, 1.54) is 38.5 Å². The Morgan fingerprint density at radius 2 is 1.78 bits per heavy atom. The molecule has 0 spiro atoms. The Bertz CT molecular complexity index is 183. The fourth-order valence-electron chi connectivity index (χ4n) is 2.74. The minimum absolute atomic E-state index is 0.117. The van der Waals surface area contributed by atoms with Gasteiger partial charge in [-0.15, -0.1) is 0 Å². The van der Waals surface area contributed by atoms with Crippen LogP contribution in [0.25, 0.3) is 0 Å². The molecule has 0 aliphatic heterocycles. The van der Waals surface area contributed by atoms with Crippen LogP contribution in [0.2, 0.25) is 0 Å². The maximum Gasteiger partial charge on any atom is 0.0698 e. The minimum Gasteiger partial charge on any atom is -0.394 e. The average molecular weight is 258 g/mol. The Morgan fingerprint density at radius 1 is 1.06 bits per heavy atom. The third kappa shape index (κ3) is 6.69. The highest BCUT2D eigenvalue weighted by Gasteiger charge is 2.19. The Morgan fingerprint density at radius 3 is 2.39 bits per heavy atom. The van der Waals surface area contributed by atoms with Gasteiger partial charge in [-0.05, 0) is 32.4 Å². The van der Waals surface area contributed by atoms with E-state index in [0.717, 1.165) is 38.7 Å². The molecule has 0 saturated heterocycles.